The zero-order valence-electron chi connectivity index (χ0n) is 18.8. The molecule has 0 saturated heterocycles. The summed E-state index contributed by atoms with van der Waals surface area (Å²) in [4.78, 5) is 27.1. The molecule has 3 N–H and O–H groups in total. The number of fused-ring (bicyclic) bond motifs is 1. The van der Waals surface area contributed by atoms with Gasteiger partial charge < -0.3 is 15.6 Å². The van der Waals surface area contributed by atoms with Crippen LogP contribution in [0.5, 0.6) is 0 Å². The lowest BCUT2D eigenvalue weighted by molar-refractivity contribution is -0.125. The molecule has 0 fully saturated rings. The van der Waals surface area contributed by atoms with Gasteiger partial charge in [-0.1, -0.05) is 54.6 Å². The van der Waals surface area contributed by atoms with Gasteiger partial charge in [0.1, 0.15) is 11.9 Å². The molecule has 3 aromatic rings. The smallest absolute Gasteiger partial charge is 0.239 e. The Hall–Kier alpha value is -3.89. The lowest BCUT2D eigenvalue weighted by Crippen LogP contribution is -2.51. The van der Waals surface area contributed by atoms with Gasteiger partial charge in [-0.3, -0.25) is 14.5 Å². The number of rotatable bonds is 6. The highest BCUT2D eigenvalue weighted by atomic mass is 16.2. The Morgan fingerprint density at radius 3 is 2.42 bits per heavy atom. The number of aromatic nitrogens is 1. The number of nitrogens with zero attached hydrogens (tertiary/aromatic N) is 3. The Balaban J connectivity index is 1.59. The molecular formula is C26H27N5O2. The predicted molar refractivity (Wildman–Crippen MR) is 126 cm³/mol. The van der Waals surface area contributed by atoms with Gasteiger partial charge in [-0.2, -0.15) is 5.26 Å². The summed E-state index contributed by atoms with van der Waals surface area (Å²) in [6, 6.07) is 19.5. The summed E-state index contributed by atoms with van der Waals surface area (Å²) >= 11 is 0. The molecule has 7 heteroatoms. The number of hydrogen-bond acceptors (Lipinski definition) is 4. The molecule has 0 unspecified atom stereocenters. The largest absolute Gasteiger partial charge is 0.368 e. The third-order valence-electron chi connectivity index (χ3n) is 6.40. The molecular weight excluding hydrogens is 414 g/mol. The van der Waals surface area contributed by atoms with Crippen LogP contribution in [0.3, 0.4) is 0 Å². The number of anilines is 1. The standard InChI is InChI=1S/C26H27N5O2/c1-17-18(2)31(14-19-8-4-3-5-9-19)26(22(17)13-27)29-24(32)16-30-15-21-11-7-6-10-20(21)12-23(30)25(28)33/h3-11,23H,12,14-16H2,1-2H3,(H2,28,33)(H,29,32)/t23-/m0/s1. The minimum absolute atomic E-state index is 0.00141. The van der Waals surface area contributed by atoms with E-state index < -0.39 is 11.9 Å². The monoisotopic (exact) mass is 441 g/mol. The van der Waals surface area contributed by atoms with Gasteiger partial charge >= 0.3 is 0 Å². The van der Waals surface area contributed by atoms with Gasteiger partial charge in [-0.25, -0.2) is 0 Å². The molecule has 0 aliphatic carbocycles. The Bertz CT molecular complexity index is 1240. The Morgan fingerprint density at radius 1 is 1.09 bits per heavy atom. The highest BCUT2D eigenvalue weighted by Crippen LogP contribution is 2.28. The summed E-state index contributed by atoms with van der Waals surface area (Å²) in [6.45, 7) is 4.83. The van der Waals surface area contributed by atoms with E-state index in [1.165, 1.54) is 0 Å². The Labute approximate surface area is 193 Å². The first-order valence-corrected chi connectivity index (χ1v) is 10.9. The van der Waals surface area contributed by atoms with E-state index in [0.717, 1.165) is 27.9 Å². The van der Waals surface area contributed by atoms with E-state index in [-0.39, 0.29) is 12.5 Å². The molecule has 1 atom stereocenters. The van der Waals surface area contributed by atoms with Crippen LogP contribution in [-0.4, -0.2) is 33.9 Å². The van der Waals surface area contributed by atoms with Crippen LogP contribution < -0.4 is 11.1 Å². The van der Waals surface area contributed by atoms with E-state index in [2.05, 4.69) is 11.4 Å². The number of primary amides is 1. The third kappa shape index (κ3) is 4.52. The van der Waals surface area contributed by atoms with Gasteiger partial charge in [0.25, 0.3) is 0 Å². The molecule has 168 valence electrons. The molecule has 0 radical (unpaired) electrons. The maximum atomic E-state index is 13.1. The first kappa shape index (κ1) is 22.3. The molecule has 1 aliphatic rings. The summed E-state index contributed by atoms with van der Waals surface area (Å²) < 4.78 is 1.96. The normalized spacial score (nSPS) is 15.5. The second kappa shape index (κ2) is 9.31. The van der Waals surface area contributed by atoms with Crippen molar-refractivity contribution in [3.05, 3.63) is 88.1 Å². The average molecular weight is 442 g/mol. The summed E-state index contributed by atoms with van der Waals surface area (Å²) in [6.07, 6.45) is 0.477. The van der Waals surface area contributed by atoms with Crippen LogP contribution in [0.1, 0.15) is 33.5 Å². The molecule has 2 heterocycles. The number of benzene rings is 2. The fourth-order valence-electron chi connectivity index (χ4n) is 4.47. The summed E-state index contributed by atoms with van der Waals surface area (Å²) in [5.74, 6) is -0.257. The fourth-order valence-corrected chi connectivity index (χ4v) is 4.47. The van der Waals surface area contributed by atoms with E-state index >= 15 is 0 Å². The van der Waals surface area contributed by atoms with E-state index in [0.29, 0.717) is 30.9 Å². The summed E-state index contributed by atoms with van der Waals surface area (Å²) in [5, 5.41) is 12.7. The van der Waals surface area contributed by atoms with Gasteiger partial charge in [0, 0.05) is 18.8 Å². The van der Waals surface area contributed by atoms with Crippen molar-refractivity contribution in [2.75, 3.05) is 11.9 Å². The van der Waals surface area contributed by atoms with Crippen LogP contribution in [0.15, 0.2) is 54.6 Å². The number of nitrogens with two attached hydrogens (primary N) is 1. The zero-order valence-corrected chi connectivity index (χ0v) is 18.8. The summed E-state index contributed by atoms with van der Waals surface area (Å²) in [7, 11) is 0. The molecule has 1 aliphatic heterocycles. The van der Waals surface area contributed by atoms with Crippen molar-refractivity contribution in [3.8, 4) is 6.07 Å². The van der Waals surface area contributed by atoms with Crippen molar-refractivity contribution in [2.45, 2.75) is 39.4 Å². The van der Waals surface area contributed by atoms with Crippen molar-refractivity contribution in [1.29, 1.82) is 5.26 Å². The fraction of sp³-hybridized carbons (Fsp3) is 0.269. The maximum absolute atomic E-state index is 13.1. The lowest BCUT2D eigenvalue weighted by atomic mass is 9.93. The van der Waals surface area contributed by atoms with Crippen molar-refractivity contribution >= 4 is 17.6 Å². The molecule has 2 amide bonds. The van der Waals surface area contributed by atoms with Crippen molar-refractivity contribution in [2.24, 2.45) is 5.73 Å². The maximum Gasteiger partial charge on any atom is 0.239 e. The van der Waals surface area contributed by atoms with Crippen LogP contribution >= 0.6 is 0 Å². The van der Waals surface area contributed by atoms with Gasteiger partial charge in [-0.15, -0.1) is 0 Å². The topological polar surface area (TPSA) is 104 Å². The van der Waals surface area contributed by atoms with E-state index in [9.17, 15) is 14.9 Å². The molecule has 0 saturated carbocycles. The highest BCUT2D eigenvalue weighted by molar-refractivity contribution is 5.94. The van der Waals surface area contributed by atoms with Gasteiger partial charge in [-0.05, 0) is 42.5 Å². The van der Waals surface area contributed by atoms with E-state index in [1.54, 1.807) is 4.90 Å². The zero-order chi connectivity index (χ0) is 23.5. The van der Waals surface area contributed by atoms with E-state index in [1.807, 2.05) is 73.0 Å². The second-order valence-electron chi connectivity index (χ2n) is 8.46. The minimum Gasteiger partial charge on any atom is -0.368 e. The van der Waals surface area contributed by atoms with Crippen molar-refractivity contribution < 1.29 is 9.59 Å². The van der Waals surface area contributed by atoms with Crippen molar-refractivity contribution in [1.82, 2.24) is 9.47 Å². The van der Waals surface area contributed by atoms with Gasteiger partial charge in [0.2, 0.25) is 11.8 Å². The van der Waals surface area contributed by atoms with Crippen LogP contribution in [0, 0.1) is 25.2 Å². The predicted octanol–water partition coefficient (Wildman–Crippen LogP) is 2.88. The quantitative estimate of drug-likeness (QED) is 0.614. The third-order valence-corrected chi connectivity index (χ3v) is 6.40. The second-order valence-corrected chi connectivity index (χ2v) is 8.46. The number of hydrogen-bond donors (Lipinski definition) is 2. The number of carbonyl (C=O) groups is 2. The van der Waals surface area contributed by atoms with E-state index in [4.69, 9.17) is 5.73 Å². The highest BCUT2D eigenvalue weighted by Gasteiger charge is 2.31. The Kier molecular flexibility index (Phi) is 6.29. The van der Waals surface area contributed by atoms with Crippen LogP contribution in [0.2, 0.25) is 0 Å². The Morgan fingerprint density at radius 2 is 1.76 bits per heavy atom. The average Bonchev–Trinajstić information content (AvgIpc) is 3.02. The molecule has 2 aromatic carbocycles. The number of amides is 2. The van der Waals surface area contributed by atoms with Crippen LogP contribution in [-0.2, 0) is 29.1 Å². The number of nitrogens with one attached hydrogen (secondary N) is 1. The lowest BCUT2D eigenvalue weighted by Gasteiger charge is -2.34. The van der Waals surface area contributed by atoms with Gasteiger partial charge in [0.05, 0.1) is 18.2 Å². The molecule has 7 nitrogen and oxygen atoms in total. The van der Waals surface area contributed by atoms with Crippen LogP contribution in [0.25, 0.3) is 0 Å². The molecule has 0 bridgehead atoms. The molecule has 4 rings (SSSR count). The molecule has 0 spiro atoms. The molecule has 1 aromatic heterocycles. The first-order valence-electron chi connectivity index (χ1n) is 10.9. The SMILES string of the molecule is Cc1c(C#N)c(NC(=O)CN2Cc3ccccc3C[C@H]2C(N)=O)n(Cc2ccccc2)c1C. The van der Waals surface area contributed by atoms with Crippen LogP contribution in [0.4, 0.5) is 5.82 Å². The number of nitriles is 1. The minimum atomic E-state index is -0.555. The number of carbonyl (C=O) groups excluding carboxylic acids is 2. The van der Waals surface area contributed by atoms with Crippen molar-refractivity contribution in [3.63, 3.8) is 0 Å². The first-order chi connectivity index (χ1) is 15.9. The molecule has 33 heavy (non-hydrogen) atoms. The van der Waals surface area contributed by atoms with Gasteiger partial charge in [0.15, 0.2) is 0 Å². The summed E-state index contributed by atoms with van der Waals surface area (Å²) in [5.41, 5.74) is 11.1.